The first kappa shape index (κ1) is 7.99. The van der Waals surface area contributed by atoms with E-state index < -0.39 is 0 Å². The van der Waals surface area contributed by atoms with Crippen LogP contribution in [0.4, 0.5) is 0 Å². The Morgan fingerprint density at radius 1 is 0.750 bits per heavy atom. The molecule has 0 bridgehead atoms. The number of rotatable bonds is 0. The molecule has 0 fully saturated rings. The smallest absolute Gasteiger partial charge is 0.0472 e. The van der Waals surface area contributed by atoms with Crippen molar-refractivity contribution in [3.8, 4) is 0 Å². The van der Waals surface area contributed by atoms with Crippen molar-refractivity contribution in [1.82, 2.24) is 9.97 Å². The lowest BCUT2D eigenvalue weighted by Gasteiger charge is -1.92. The van der Waals surface area contributed by atoms with E-state index in [0.29, 0.717) is 0 Å². The summed E-state index contributed by atoms with van der Waals surface area (Å²) in [4.78, 5) is 6.70. The second kappa shape index (κ2) is 2.67. The number of aromatic amines is 2. The van der Waals surface area contributed by atoms with Crippen molar-refractivity contribution < 1.29 is 0 Å². The average Bonchev–Trinajstić information content (AvgIpc) is 2.88. The zero-order chi connectivity index (χ0) is 10.5. The number of para-hydroxylation sites is 1. The van der Waals surface area contributed by atoms with Gasteiger partial charge in [0.2, 0.25) is 0 Å². The van der Waals surface area contributed by atoms with Crippen molar-refractivity contribution in [2.45, 2.75) is 0 Å². The number of fused-ring (bicyclic) bond motifs is 4. The van der Waals surface area contributed by atoms with Crippen molar-refractivity contribution in [3.05, 3.63) is 48.7 Å². The van der Waals surface area contributed by atoms with Crippen molar-refractivity contribution >= 4 is 32.7 Å². The van der Waals surface area contributed by atoms with Gasteiger partial charge < -0.3 is 9.97 Å². The van der Waals surface area contributed by atoms with E-state index in [2.05, 4.69) is 52.4 Å². The van der Waals surface area contributed by atoms with Gasteiger partial charge in [0, 0.05) is 38.9 Å². The lowest BCUT2D eigenvalue weighted by Crippen LogP contribution is -1.69. The van der Waals surface area contributed by atoms with E-state index in [4.69, 9.17) is 0 Å². The Morgan fingerprint density at radius 2 is 1.69 bits per heavy atom. The Labute approximate surface area is 91.9 Å². The Kier molecular flexibility index (Phi) is 1.33. The van der Waals surface area contributed by atoms with E-state index in [9.17, 15) is 0 Å². The van der Waals surface area contributed by atoms with Gasteiger partial charge in [0.15, 0.2) is 0 Å². The Bertz CT molecular complexity index is 805. The van der Waals surface area contributed by atoms with Crippen LogP contribution >= 0.6 is 0 Å². The molecule has 0 aliphatic carbocycles. The van der Waals surface area contributed by atoms with E-state index >= 15 is 0 Å². The van der Waals surface area contributed by atoms with Crippen LogP contribution in [0.15, 0.2) is 48.7 Å². The first-order valence-corrected chi connectivity index (χ1v) is 5.39. The summed E-state index contributed by atoms with van der Waals surface area (Å²) in [5.41, 5.74) is 3.59. The van der Waals surface area contributed by atoms with Crippen LogP contribution < -0.4 is 0 Å². The highest BCUT2D eigenvalue weighted by atomic mass is 14.7. The van der Waals surface area contributed by atoms with Crippen molar-refractivity contribution in [1.29, 1.82) is 0 Å². The van der Waals surface area contributed by atoms with Crippen LogP contribution in [0.3, 0.4) is 0 Å². The highest BCUT2D eigenvalue weighted by molar-refractivity contribution is 6.11. The molecule has 0 radical (unpaired) electrons. The standard InChI is InChI=1S/C14H10N2/c1-2-4-12-10(3-1)11-8-13-9(5-6-15-13)7-14(11)16-12/h1-8,15-16H. The van der Waals surface area contributed by atoms with E-state index in [0.717, 1.165) is 0 Å². The highest BCUT2D eigenvalue weighted by Gasteiger charge is 2.05. The molecule has 0 saturated carbocycles. The number of hydrogen-bond donors (Lipinski definition) is 2. The minimum Gasteiger partial charge on any atom is -0.361 e. The largest absolute Gasteiger partial charge is 0.361 e. The molecule has 16 heavy (non-hydrogen) atoms. The molecule has 2 nitrogen and oxygen atoms in total. The molecule has 2 N–H and O–H groups in total. The van der Waals surface area contributed by atoms with Crippen molar-refractivity contribution in [3.63, 3.8) is 0 Å². The number of benzene rings is 2. The van der Waals surface area contributed by atoms with E-state index in [1.54, 1.807) is 0 Å². The van der Waals surface area contributed by atoms with Crippen LogP contribution in [0, 0.1) is 0 Å². The highest BCUT2D eigenvalue weighted by Crippen LogP contribution is 2.28. The minimum atomic E-state index is 1.19. The van der Waals surface area contributed by atoms with Crippen LogP contribution in [-0.4, -0.2) is 9.97 Å². The van der Waals surface area contributed by atoms with Gasteiger partial charge >= 0.3 is 0 Å². The van der Waals surface area contributed by atoms with E-state index in [-0.39, 0.29) is 0 Å². The second-order valence-corrected chi connectivity index (χ2v) is 4.13. The lowest BCUT2D eigenvalue weighted by atomic mass is 10.1. The molecular formula is C14H10N2. The van der Waals surface area contributed by atoms with Gasteiger partial charge in [-0.25, -0.2) is 0 Å². The van der Waals surface area contributed by atoms with E-state index in [1.807, 2.05) is 6.20 Å². The molecular weight excluding hydrogens is 196 g/mol. The molecule has 0 unspecified atom stereocenters. The molecule has 4 rings (SSSR count). The van der Waals surface area contributed by atoms with Gasteiger partial charge in [0.05, 0.1) is 0 Å². The third kappa shape index (κ3) is 0.910. The molecule has 0 aliphatic rings. The van der Waals surface area contributed by atoms with Gasteiger partial charge in [0.25, 0.3) is 0 Å². The molecule has 0 amide bonds. The van der Waals surface area contributed by atoms with Crippen molar-refractivity contribution in [2.75, 3.05) is 0 Å². The molecule has 0 spiro atoms. The lowest BCUT2D eigenvalue weighted by molar-refractivity contribution is 1.48. The summed E-state index contributed by atoms with van der Waals surface area (Å²) >= 11 is 0. The molecule has 0 saturated heterocycles. The summed E-state index contributed by atoms with van der Waals surface area (Å²) in [6, 6.07) is 14.9. The number of nitrogens with one attached hydrogen (secondary N) is 2. The van der Waals surface area contributed by atoms with Crippen LogP contribution in [0.25, 0.3) is 32.7 Å². The maximum absolute atomic E-state index is 3.45. The summed E-state index contributed by atoms with van der Waals surface area (Å²) in [5, 5.41) is 3.82. The zero-order valence-electron chi connectivity index (χ0n) is 8.62. The molecule has 76 valence electrons. The van der Waals surface area contributed by atoms with Crippen LogP contribution in [0.5, 0.6) is 0 Å². The topological polar surface area (TPSA) is 31.6 Å². The van der Waals surface area contributed by atoms with Gasteiger partial charge in [-0.1, -0.05) is 18.2 Å². The summed E-state index contributed by atoms with van der Waals surface area (Å²) in [6.07, 6.45) is 1.98. The maximum Gasteiger partial charge on any atom is 0.0472 e. The van der Waals surface area contributed by atoms with Crippen LogP contribution in [0.1, 0.15) is 0 Å². The maximum atomic E-state index is 3.45. The normalized spacial score (nSPS) is 11.8. The fraction of sp³-hybridized carbons (Fsp3) is 0. The Hall–Kier alpha value is -2.22. The van der Waals surface area contributed by atoms with Gasteiger partial charge in [-0.3, -0.25) is 0 Å². The first-order valence-electron chi connectivity index (χ1n) is 5.39. The van der Waals surface area contributed by atoms with E-state index in [1.165, 1.54) is 32.7 Å². The monoisotopic (exact) mass is 206 g/mol. The predicted octanol–water partition coefficient (Wildman–Crippen LogP) is 3.80. The fourth-order valence-corrected chi connectivity index (χ4v) is 2.40. The van der Waals surface area contributed by atoms with Crippen LogP contribution in [-0.2, 0) is 0 Å². The molecule has 2 heterocycles. The summed E-state index contributed by atoms with van der Waals surface area (Å²) in [5.74, 6) is 0. The van der Waals surface area contributed by atoms with Gasteiger partial charge in [0.1, 0.15) is 0 Å². The van der Waals surface area contributed by atoms with Gasteiger partial charge in [-0.05, 0) is 24.3 Å². The third-order valence-electron chi connectivity index (χ3n) is 3.18. The number of H-pyrrole nitrogens is 2. The zero-order valence-corrected chi connectivity index (χ0v) is 8.62. The molecule has 4 aromatic rings. The predicted molar refractivity (Wildman–Crippen MR) is 67.7 cm³/mol. The molecule has 2 aromatic heterocycles. The number of aromatic nitrogens is 2. The SMILES string of the molecule is c1ccc2c(c1)[nH]c1cc3cc[nH]c3cc12. The number of hydrogen-bond acceptors (Lipinski definition) is 0. The Balaban J connectivity index is 2.32. The molecule has 0 atom stereocenters. The molecule has 2 aromatic carbocycles. The Morgan fingerprint density at radius 3 is 2.69 bits per heavy atom. The summed E-state index contributed by atoms with van der Waals surface area (Å²) in [6.45, 7) is 0. The fourth-order valence-electron chi connectivity index (χ4n) is 2.40. The average molecular weight is 206 g/mol. The van der Waals surface area contributed by atoms with Gasteiger partial charge in [-0.2, -0.15) is 0 Å². The second-order valence-electron chi connectivity index (χ2n) is 4.13. The summed E-state index contributed by atoms with van der Waals surface area (Å²) in [7, 11) is 0. The van der Waals surface area contributed by atoms with Crippen molar-refractivity contribution in [2.24, 2.45) is 0 Å². The molecule has 2 heteroatoms. The minimum absolute atomic E-state index is 1.19. The van der Waals surface area contributed by atoms with Crippen LogP contribution in [0.2, 0.25) is 0 Å². The molecule has 0 aliphatic heterocycles. The van der Waals surface area contributed by atoms with Gasteiger partial charge in [-0.15, -0.1) is 0 Å². The first-order chi connectivity index (χ1) is 7.92. The third-order valence-corrected chi connectivity index (χ3v) is 3.18. The summed E-state index contributed by atoms with van der Waals surface area (Å²) < 4.78 is 0. The quantitative estimate of drug-likeness (QED) is 0.438.